The van der Waals surface area contributed by atoms with E-state index in [1.54, 1.807) is 0 Å². The highest BCUT2D eigenvalue weighted by molar-refractivity contribution is 5.33. The van der Waals surface area contributed by atoms with Crippen LogP contribution in [0.15, 0.2) is 24.3 Å². The standard InChI is InChI=1S/C14H21N/c1-10(2)11(3)15-14-8-12-6-4-5-7-13(12)9-14/h4-7,10-11,14-15H,8-9H2,1-3H3/t11-/m1/s1. The quantitative estimate of drug-likeness (QED) is 0.796. The van der Waals surface area contributed by atoms with E-state index in [4.69, 9.17) is 0 Å². The molecule has 0 fully saturated rings. The van der Waals surface area contributed by atoms with E-state index >= 15 is 0 Å². The van der Waals surface area contributed by atoms with Crippen molar-refractivity contribution in [2.24, 2.45) is 5.92 Å². The fourth-order valence-electron chi connectivity index (χ4n) is 2.24. The Morgan fingerprint density at radius 1 is 1.07 bits per heavy atom. The maximum atomic E-state index is 3.73. The maximum absolute atomic E-state index is 3.73. The molecule has 1 heteroatoms. The second-order valence-corrected chi connectivity index (χ2v) is 5.07. The highest BCUT2D eigenvalue weighted by atomic mass is 15.0. The first-order valence-corrected chi connectivity index (χ1v) is 5.99. The predicted molar refractivity (Wildman–Crippen MR) is 65.1 cm³/mol. The van der Waals surface area contributed by atoms with Gasteiger partial charge < -0.3 is 5.32 Å². The molecule has 0 unspecified atom stereocenters. The van der Waals surface area contributed by atoms with Gasteiger partial charge in [-0.25, -0.2) is 0 Å². The Labute approximate surface area is 92.9 Å². The van der Waals surface area contributed by atoms with Gasteiger partial charge in [-0.05, 0) is 36.8 Å². The van der Waals surface area contributed by atoms with Crippen LogP contribution in [0.2, 0.25) is 0 Å². The van der Waals surface area contributed by atoms with Gasteiger partial charge in [-0.2, -0.15) is 0 Å². The van der Waals surface area contributed by atoms with Crippen LogP contribution in [0, 0.1) is 5.92 Å². The number of hydrogen-bond donors (Lipinski definition) is 1. The molecule has 1 aromatic rings. The van der Waals surface area contributed by atoms with Gasteiger partial charge in [-0.1, -0.05) is 38.1 Å². The smallest absolute Gasteiger partial charge is 0.0151 e. The zero-order valence-electron chi connectivity index (χ0n) is 9.96. The lowest BCUT2D eigenvalue weighted by atomic mass is 10.0. The molecule has 0 saturated heterocycles. The van der Waals surface area contributed by atoms with E-state index in [9.17, 15) is 0 Å². The van der Waals surface area contributed by atoms with Crippen molar-refractivity contribution in [1.29, 1.82) is 0 Å². The van der Waals surface area contributed by atoms with Crippen LogP contribution in [-0.4, -0.2) is 12.1 Å². The topological polar surface area (TPSA) is 12.0 Å². The molecule has 0 aliphatic heterocycles. The van der Waals surface area contributed by atoms with Crippen molar-refractivity contribution in [1.82, 2.24) is 5.32 Å². The zero-order chi connectivity index (χ0) is 10.8. The molecule has 2 rings (SSSR count). The van der Waals surface area contributed by atoms with Crippen molar-refractivity contribution in [3.63, 3.8) is 0 Å². The minimum atomic E-state index is 0.615. The molecule has 0 heterocycles. The number of nitrogens with one attached hydrogen (secondary N) is 1. The number of fused-ring (bicyclic) bond motifs is 1. The second-order valence-electron chi connectivity index (χ2n) is 5.07. The van der Waals surface area contributed by atoms with Crippen molar-refractivity contribution in [2.45, 2.75) is 45.7 Å². The third-order valence-electron chi connectivity index (χ3n) is 3.55. The van der Waals surface area contributed by atoms with Crippen LogP contribution in [0.1, 0.15) is 31.9 Å². The SMILES string of the molecule is CC(C)[C@@H](C)NC1Cc2ccccc2C1. The molecule has 15 heavy (non-hydrogen) atoms. The first kappa shape index (κ1) is 10.7. The van der Waals surface area contributed by atoms with Gasteiger partial charge in [-0.15, -0.1) is 0 Å². The molecule has 0 spiro atoms. The summed E-state index contributed by atoms with van der Waals surface area (Å²) in [5.41, 5.74) is 3.07. The van der Waals surface area contributed by atoms with Gasteiger partial charge in [-0.3, -0.25) is 0 Å². The van der Waals surface area contributed by atoms with Gasteiger partial charge in [0.25, 0.3) is 0 Å². The number of rotatable bonds is 3. The highest BCUT2D eigenvalue weighted by Crippen LogP contribution is 2.22. The normalized spacial score (nSPS) is 18.1. The Morgan fingerprint density at radius 3 is 2.07 bits per heavy atom. The lowest BCUT2D eigenvalue weighted by Crippen LogP contribution is -2.39. The van der Waals surface area contributed by atoms with Crippen LogP contribution in [-0.2, 0) is 12.8 Å². The largest absolute Gasteiger partial charge is 0.311 e. The van der Waals surface area contributed by atoms with Crippen molar-refractivity contribution in [3.8, 4) is 0 Å². The third kappa shape index (κ3) is 2.40. The molecule has 82 valence electrons. The van der Waals surface area contributed by atoms with E-state index in [0.29, 0.717) is 18.0 Å². The number of benzene rings is 1. The van der Waals surface area contributed by atoms with Crippen LogP contribution < -0.4 is 5.32 Å². The van der Waals surface area contributed by atoms with E-state index in [-0.39, 0.29) is 0 Å². The van der Waals surface area contributed by atoms with Crippen LogP contribution in [0.4, 0.5) is 0 Å². The average molecular weight is 203 g/mol. The summed E-state index contributed by atoms with van der Waals surface area (Å²) in [7, 11) is 0. The van der Waals surface area contributed by atoms with Gasteiger partial charge in [0.1, 0.15) is 0 Å². The Hall–Kier alpha value is -0.820. The predicted octanol–water partition coefficient (Wildman–Crippen LogP) is 2.79. The van der Waals surface area contributed by atoms with Gasteiger partial charge in [0.15, 0.2) is 0 Å². The second kappa shape index (κ2) is 4.36. The molecule has 0 radical (unpaired) electrons. The van der Waals surface area contributed by atoms with E-state index in [1.165, 1.54) is 24.0 Å². The molecular formula is C14H21N. The molecule has 1 N–H and O–H groups in total. The van der Waals surface area contributed by atoms with Gasteiger partial charge in [0.2, 0.25) is 0 Å². The van der Waals surface area contributed by atoms with Crippen molar-refractivity contribution < 1.29 is 0 Å². The van der Waals surface area contributed by atoms with Crippen LogP contribution in [0.3, 0.4) is 0 Å². The highest BCUT2D eigenvalue weighted by Gasteiger charge is 2.22. The summed E-state index contributed by atoms with van der Waals surface area (Å²) in [6, 6.07) is 10.1. The molecule has 1 aromatic carbocycles. The Kier molecular flexibility index (Phi) is 3.11. The van der Waals surface area contributed by atoms with Gasteiger partial charge in [0, 0.05) is 12.1 Å². The Bertz CT molecular complexity index is 305. The van der Waals surface area contributed by atoms with E-state index in [2.05, 4.69) is 50.4 Å². The lowest BCUT2D eigenvalue weighted by molar-refractivity contribution is 0.377. The Morgan fingerprint density at radius 2 is 1.60 bits per heavy atom. The van der Waals surface area contributed by atoms with E-state index in [0.717, 1.165) is 0 Å². The molecule has 1 aliphatic rings. The fraction of sp³-hybridized carbons (Fsp3) is 0.571. The summed E-state index contributed by atoms with van der Waals surface area (Å²) in [6.45, 7) is 6.84. The summed E-state index contributed by atoms with van der Waals surface area (Å²) in [5.74, 6) is 0.716. The van der Waals surface area contributed by atoms with Crippen molar-refractivity contribution >= 4 is 0 Å². The summed E-state index contributed by atoms with van der Waals surface area (Å²) in [5, 5.41) is 3.73. The van der Waals surface area contributed by atoms with Gasteiger partial charge >= 0.3 is 0 Å². The number of hydrogen-bond acceptors (Lipinski definition) is 1. The summed E-state index contributed by atoms with van der Waals surface area (Å²) in [4.78, 5) is 0. The lowest BCUT2D eigenvalue weighted by Gasteiger charge is -2.22. The summed E-state index contributed by atoms with van der Waals surface area (Å²) < 4.78 is 0. The van der Waals surface area contributed by atoms with E-state index in [1.807, 2.05) is 0 Å². The zero-order valence-corrected chi connectivity index (χ0v) is 9.96. The van der Waals surface area contributed by atoms with Crippen LogP contribution in [0.25, 0.3) is 0 Å². The monoisotopic (exact) mass is 203 g/mol. The van der Waals surface area contributed by atoms with Crippen LogP contribution >= 0.6 is 0 Å². The summed E-state index contributed by atoms with van der Waals surface area (Å²) >= 11 is 0. The maximum Gasteiger partial charge on any atom is 0.0151 e. The molecular weight excluding hydrogens is 182 g/mol. The minimum absolute atomic E-state index is 0.615. The molecule has 0 saturated carbocycles. The van der Waals surface area contributed by atoms with Crippen molar-refractivity contribution in [3.05, 3.63) is 35.4 Å². The fourth-order valence-corrected chi connectivity index (χ4v) is 2.24. The van der Waals surface area contributed by atoms with E-state index < -0.39 is 0 Å². The molecule has 0 bridgehead atoms. The van der Waals surface area contributed by atoms with Crippen molar-refractivity contribution in [2.75, 3.05) is 0 Å². The minimum Gasteiger partial charge on any atom is -0.311 e. The molecule has 1 nitrogen and oxygen atoms in total. The molecule has 0 amide bonds. The van der Waals surface area contributed by atoms with Crippen LogP contribution in [0.5, 0.6) is 0 Å². The first-order valence-electron chi connectivity index (χ1n) is 5.99. The molecule has 0 aromatic heterocycles. The van der Waals surface area contributed by atoms with Gasteiger partial charge in [0.05, 0.1) is 0 Å². The average Bonchev–Trinajstić information content (AvgIpc) is 2.59. The molecule has 1 atom stereocenters. The molecule has 1 aliphatic carbocycles. The summed E-state index contributed by atoms with van der Waals surface area (Å²) in [6.07, 6.45) is 2.40. The first-order chi connectivity index (χ1) is 7.16. The Balaban J connectivity index is 1.96. The third-order valence-corrected chi connectivity index (χ3v) is 3.55.